The molecule has 0 atom stereocenters. The first-order valence-corrected chi connectivity index (χ1v) is 7.46. The minimum Gasteiger partial charge on any atom is -0.366 e. The third-order valence-electron chi connectivity index (χ3n) is 3.64. The average molecular weight is 297 g/mol. The lowest BCUT2D eigenvalue weighted by Crippen LogP contribution is -2.26. The highest BCUT2D eigenvalue weighted by atomic mass is 79.9. The van der Waals surface area contributed by atoms with Crippen molar-refractivity contribution in [2.45, 2.75) is 51.5 Å². The van der Waals surface area contributed by atoms with E-state index in [4.69, 9.17) is 0 Å². The van der Waals surface area contributed by atoms with E-state index in [1.807, 2.05) is 18.3 Å². The lowest BCUT2D eigenvalue weighted by atomic mass is 9.83. The molecule has 2 rings (SSSR count). The summed E-state index contributed by atoms with van der Waals surface area (Å²) in [5, 5.41) is 3.55. The van der Waals surface area contributed by atoms with Crippen LogP contribution >= 0.6 is 15.9 Å². The number of nitrogens with zero attached hydrogens (tertiary/aromatic N) is 1. The molecule has 0 unspecified atom stereocenters. The summed E-state index contributed by atoms with van der Waals surface area (Å²) in [6, 6.07) is 4.60. The Morgan fingerprint density at radius 1 is 1.35 bits per heavy atom. The second kappa shape index (κ2) is 6.39. The molecule has 0 saturated heterocycles. The molecule has 3 heteroatoms. The fraction of sp³-hybridized carbons (Fsp3) is 0.643. The number of pyridine rings is 1. The quantitative estimate of drug-likeness (QED) is 0.877. The fourth-order valence-corrected chi connectivity index (χ4v) is 3.06. The summed E-state index contributed by atoms with van der Waals surface area (Å²) in [6.45, 7) is 2.29. The van der Waals surface area contributed by atoms with Gasteiger partial charge in [-0.2, -0.15) is 0 Å². The molecule has 0 amide bonds. The molecule has 2 nitrogen and oxygen atoms in total. The number of hydrogen-bond donors (Lipinski definition) is 1. The maximum atomic E-state index is 4.37. The lowest BCUT2D eigenvalue weighted by Gasteiger charge is -2.29. The van der Waals surface area contributed by atoms with Crippen molar-refractivity contribution in [1.29, 1.82) is 0 Å². The van der Waals surface area contributed by atoms with Crippen molar-refractivity contribution >= 4 is 21.7 Å². The van der Waals surface area contributed by atoms with Crippen LogP contribution in [0.2, 0.25) is 0 Å². The van der Waals surface area contributed by atoms with Crippen molar-refractivity contribution in [2.24, 2.45) is 5.92 Å². The zero-order valence-corrected chi connectivity index (χ0v) is 12.0. The van der Waals surface area contributed by atoms with E-state index in [1.54, 1.807) is 0 Å². The van der Waals surface area contributed by atoms with E-state index in [9.17, 15) is 0 Å². The Balaban J connectivity index is 1.84. The smallest absolute Gasteiger partial charge is 0.140 e. The van der Waals surface area contributed by atoms with Crippen LogP contribution in [0.5, 0.6) is 0 Å². The van der Waals surface area contributed by atoms with E-state index in [0.29, 0.717) is 6.04 Å². The molecule has 0 spiro atoms. The van der Waals surface area contributed by atoms with Gasteiger partial charge in [0, 0.05) is 12.2 Å². The molecule has 1 aliphatic carbocycles. The molecule has 0 radical (unpaired) electrons. The molecule has 1 fully saturated rings. The Labute approximate surface area is 112 Å². The zero-order chi connectivity index (χ0) is 12.1. The summed E-state index contributed by atoms with van der Waals surface area (Å²) >= 11 is 3.53. The molecule has 17 heavy (non-hydrogen) atoms. The topological polar surface area (TPSA) is 24.9 Å². The van der Waals surface area contributed by atoms with E-state index in [0.717, 1.165) is 16.2 Å². The van der Waals surface area contributed by atoms with Crippen LogP contribution in [0.15, 0.2) is 22.8 Å². The Kier molecular flexibility index (Phi) is 4.84. The Hall–Kier alpha value is -0.570. The van der Waals surface area contributed by atoms with Gasteiger partial charge in [0.15, 0.2) is 0 Å². The Bertz CT molecular complexity index is 346. The molecule has 0 aromatic carbocycles. The van der Waals surface area contributed by atoms with Crippen LogP contribution in [0.25, 0.3) is 0 Å². The molecule has 1 N–H and O–H groups in total. The van der Waals surface area contributed by atoms with Gasteiger partial charge in [0.25, 0.3) is 0 Å². The van der Waals surface area contributed by atoms with E-state index < -0.39 is 0 Å². The number of halogens is 1. The van der Waals surface area contributed by atoms with Crippen molar-refractivity contribution in [3.8, 4) is 0 Å². The largest absolute Gasteiger partial charge is 0.366 e. The summed E-state index contributed by atoms with van der Waals surface area (Å²) in [5.41, 5.74) is 0. The second-order valence-corrected chi connectivity index (χ2v) is 5.84. The maximum Gasteiger partial charge on any atom is 0.140 e. The minimum atomic E-state index is 0.606. The predicted molar refractivity (Wildman–Crippen MR) is 76.2 cm³/mol. The Morgan fingerprint density at radius 2 is 2.12 bits per heavy atom. The van der Waals surface area contributed by atoms with Gasteiger partial charge in [-0.1, -0.05) is 19.8 Å². The third kappa shape index (κ3) is 3.70. The molecule has 0 bridgehead atoms. The molecular weight excluding hydrogens is 276 g/mol. The second-order valence-electron chi connectivity index (χ2n) is 4.98. The van der Waals surface area contributed by atoms with Crippen molar-refractivity contribution in [1.82, 2.24) is 4.98 Å². The molecule has 1 saturated carbocycles. The fourth-order valence-electron chi connectivity index (χ4n) is 2.69. The van der Waals surface area contributed by atoms with E-state index >= 15 is 0 Å². The van der Waals surface area contributed by atoms with Crippen LogP contribution in [0.1, 0.15) is 45.4 Å². The normalized spacial score (nSPS) is 24.6. The predicted octanol–water partition coefficient (Wildman–Crippen LogP) is 4.61. The molecule has 0 aliphatic heterocycles. The van der Waals surface area contributed by atoms with Gasteiger partial charge >= 0.3 is 0 Å². The van der Waals surface area contributed by atoms with Gasteiger partial charge in [-0.05, 0) is 59.7 Å². The van der Waals surface area contributed by atoms with Crippen molar-refractivity contribution in [3.05, 3.63) is 22.8 Å². The van der Waals surface area contributed by atoms with Crippen LogP contribution in [-0.2, 0) is 0 Å². The van der Waals surface area contributed by atoms with Crippen molar-refractivity contribution in [2.75, 3.05) is 5.32 Å². The van der Waals surface area contributed by atoms with Gasteiger partial charge in [0.2, 0.25) is 0 Å². The van der Waals surface area contributed by atoms with E-state index in [1.165, 1.54) is 38.5 Å². The number of aromatic nitrogens is 1. The van der Waals surface area contributed by atoms with Crippen LogP contribution in [0, 0.1) is 5.92 Å². The van der Waals surface area contributed by atoms with Gasteiger partial charge in [-0.25, -0.2) is 4.98 Å². The first kappa shape index (κ1) is 12.9. The summed E-state index contributed by atoms with van der Waals surface area (Å²) in [5.74, 6) is 1.96. The van der Waals surface area contributed by atoms with E-state index in [-0.39, 0.29) is 0 Å². The summed E-state index contributed by atoms with van der Waals surface area (Å²) < 4.78 is 1.07. The van der Waals surface area contributed by atoms with Crippen LogP contribution in [0.3, 0.4) is 0 Å². The number of hydrogen-bond acceptors (Lipinski definition) is 2. The highest BCUT2D eigenvalue weighted by Crippen LogP contribution is 2.30. The average Bonchev–Trinajstić information content (AvgIpc) is 2.35. The van der Waals surface area contributed by atoms with Gasteiger partial charge in [-0.3, -0.25) is 0 Å². The highest BCUT2D eigenvalue weighted by Gasteiger charge is 2.20. The van der Waals surface area contributed by atoms with Crippen LogP contribution in [0.4, 0.5) is 5.82 Å². The molecule has 1 heterocycles. The first-order chi connectivity index (χ1) is 8.29. The summed E-state index contributed by atoms with van der Waals surface area (Å²) in [4.78, 5) is 4.37. The number of anilines is 1. The van der Waals surface area contributed by atoms with Gasteiger partial charge in [0.05, 0.1) is 4.47 Å². The van der Waals surface area contributed by atoms with E-state index in [2.05, 4.69) is 33.2 Å². The summed E-state index contributed by atoms with van der Waals surface area (Å²) in [6.07, 6.45) is 9.89. The van der Waals surface area contributed by atoms with Crippen molar-refractivity contribution < 1.29 is 0 Å². The molecular formula is C14H21BrN2. The lowest BCUT2D eigenvalue weighted by molar-refractivity contribution is 0.318. The number of rotatable bonds is 4. The standard InChI is InChI=1S/C14H21BrN2/c1-2-4-11-6-8-12(9-7-11)17-14-13(15)5-3-10-16-14/h3,5,10-12H,2,4,6-9H2,1H3,(H,16,17). The highest BCUT2D eigenvalue weighted by molar-refractivity contribution is 9.10. The van der Waals surface area contributed by atoms with Crippen LogP contribution in [-0.4, -0.2) is 11.0 Å². The minimum absolute atomic E-state index is 0.606. The number of nitrogens with one attached hydrogen (secondary N) is 1. The SMILES string of the molecule is CCCC1CCC(Nc2ncccc2Br)CC1. The monoisotopic (exact) mass is 296 g/mol. The van der Waals surface area contributed by atoms with Gasteiger partial charge in [0.1, 0.15) is 5.82 Å². The first-order valence-electron chi connectivity index (χ1n) is 6.66. The zero-order valence-electron chi connectivity index (χ0n) is 10.5. The van der Waals surface area contributed by atoms with Crippen LogP contribution < -0.4 is 5.32 Å². The maximum absolute atomic E-state index is 4.37. The summed E-state index contributed by atoms with van der Waals surface area (Å²) in [7, 11) is 0. The Morgan fingerprint density at radius 3 is 2.76 bits per heavy atom. The third-order valence-corrected chi connectivity index (χ3v) is 4.28. The van der Waals surface area contributed by atoms with Gasteiger partial charge in [-0.15, -0.1) is 0 Å². The van der Waals surface area contributed by atoms with Gasteiger partial charge < -0.3 is 5.32 Å². The molecule has 1 aromatic rings. The molecule has 1 aliphatic rings. The van der Waals surface area contributed by atoms with Crippen molar-refractivity contribution in [3.63, 3.8) is 0 Å². The molecule has 1 aromatic heterocycles. The molecule has 94 valence electrons.